The van der Waals surface area contributed by atoms with E-state index in [2.05, 4.69) is 31.2 Å². The molecule has 0 saturated heterocycles. The third kappa shape index (κ3) is 13.5. The maximum absolute atomic E-state index is 12.2. The summed E-state index contributed by atoms with van der Waals surface area (Å²) in [5.41, 5.74) is 0.827. The summed E-state index contributed by atoms with van der Waals surface area (Å²) >= 11 is 0. The molecule has 2 rings (SSSR count). The van der Waals surface area contributed by atoms with E-state index >= 15 is 0 Å². The molecule has 2 unspecified atom stereocenters. The number of imide groups is 2. The van der Waals surface area contributed by atoms with Crippen molar-refractivity contribution < 1.29 is 19.2 Å². The third-order valence-electron chi connectivity index (χ3n) is 6.65. The van der Waals surface area contributed by atoms with E-state index in [9.17, 15) is 19.2 Å². The van der Waals surface area contributed by atoms with Gasteiger partial charge in [-0.2, -0.15) is 0 Å². The van der Waals surface area contributed by atoms with Crippen LogP contribution in [-0.2, 0) is 9.59 Å². The second-order valence-electron chi connectivity index (χ2n) is 10.00. The van der Waals surface area contributed by atoms with Gasteiger partial charge in [-0.3, -0.25) is 39.8 Å². The second-order valence-corrected chi connectivity index (χ2v) is 10.00. The van der Waals surface area contributed by atoms with Crippen LogP contribution in [0.2, 0.25) is 0 Å². The first-order valence-corrected chi connectivity index (χ1v) is 14.4. The van der Waals surface area contributed by atoms with Crippen LogP contribution in [0.15, 0.2) is 49.1 Å². The maximum atomic E-state index is 12.2. The molecule has 218 valence electrons. The highest BCUT2D eigenvalue weighted by molar-refractivity contribution is 6.06. The Kier molecular flexibility index (Phi) is 16.0. The van der Waals surface area contributed by atoms with Gasteiger partial charge in [-0.1, -0.05) is 51.4 Å². The van der Waals surface area contributed by atoms with Crippen LogP contribution in [-0.4, -0.2) is 58.8 Å². The number of hydrogen-bond donors (Lipinski definition) is 4. The van der Waals surface area contributed by atoms with Crippen molar-refractivity contribution in [2.24, 2.45) is 0 Å². The second kappa shape index (κ2) is 19.5. The zero-order chi connectivity index (χ0) is 29.0. The molecule has 0 fully saturated rings. The topological polar surface area (TPSA) is 142 Å². The van der Waals surface area contributed by atoms with E-state index in [0.717, 1.165) is 38.8 Å². The predicted octanol–water partition coefficient (Wildman–Crippen LogP) is 3.55. The SMILES string of the molecule is CC(NCCCCCCCCCCCCNC(C)C(=O)NC(=O)c1ccncc1)C(=O)NC(=O)c1ccncc1. The number of rotatable bonds is 19. The van der Waals surface area contributed by atoms with Gasteiger partial charge < -0.3 is 10.6 Å². The number of carbonyl (C=O) groups is 4. The van der Waals surface area contributed by atoms with Gasteiger partial charge in [0, 0.05) is 35.9 Å². The van der Waals surface area contributed by atoms with Gasteiger partial charge in [0.05, 0.1) is 12.1 Å². The summed E-state index contributed by atoms with van der Waals surface area (Å²) in [7, 11) is 0. The van der Waals surface area contributed by atoms with Gasteiger partial charge in [0.1, 0.15) is 0 Å². The largest absolute Gasteiger partial charge is 0.306 e. The zero-order valence-corrected chi connectivity index (χ0v) is 23.8. The Hall–Kier alpha value is -3.50. The van der Waals surface area contributed by atoms with Crippen molar-refractivity contribution >= 4 is 23.6 Å². The highest BCUT2D eigenvalue weighted by Gasteiger charge is 2.17. The summed E-state index contributed by atoms with van der Waals surface area (Å²) in [6.45, 7) is 5.01. The summed E-state index contributed by atoms with van der Waals surface area (Å²) in [6, 6.07) is 5.43. The molecule has 4 N–H and O–H groups in total. The molecule has 2 aromatic heterocycles. The van der Waals surface area contributed by atoms with Gasteiger partial charge in [-0.15, -0.1) is 0 Å². The summed E-state index contributed by atoms with van der Waals surface area (Å²) in [5, 5.41) is 11.2. The van der Waals surface area contributed by atoms with E-state index in [1.807, 2.05) is 0 Å². The number of nitrogens with one attached hydrogen (secondary N) is 4. The van der Waals surface area contributed by atoms with Crippen LogP contribution in [0.1, 0.15) is 98.8 Å². The lowest BCUT2D eigenvalue weighted by Gasteiger charge is -2.13. The minimum atomic E-state index is -0.428. The Bertz CT molecular complexity index is 952. The van der Waals surface area contributed by atoms with Gasteiger partial charge in [0.25, 0.3) is 11.8 Å². The first kappa shape index (κ1) is 32.7. The molecule has 2 atom stereocenters. The Balaban J connectivity index is 1.37. The van der Waals surface area contributed by atoms with E-state index in [4.69, 9.17) is 0 Å². The van der Waals surface area contributed by atoms with E-state index < -0.39 is 23.9 Å². The van der Waals surface area contributed by atoms with Gasteiger partial charge in [0.15, 0.2) is 0 Å². The molecule has 2 heterocycles. The standard InChI is InChI=1S/C30H44N6O4/c1-23(27(37)35-29(39)25-13-19-31-20-14-25)33-17-11-9-7-5-3-4-6-8-10-12-18-34-24(2)28(38)36-30(40)26-15-21-32-22-16-26/h13-16,19-24,33-34H,3-12,17-18H2,1-2H3,(H,35,37,39)(H,36,38,40). The van der Waals surface area contributed by atoms with Crippen LogP contribution in [0.25, 0.3) is 0 Å². The fourth-order valence-corrected chi connectivity index (χ4v) is 4.08. The monoisotopic (exact) mass is 552 g/mol. The number of aromatic nitrogens is 2. The van der Waals surface area contributed by atoms with E-state index in [-0.39, 0.29) is 11.8 Å². The number of pyridine rings is 2. The van der Waals surface area contributed by atoms with Gasteiger partial charge in [0.2, 0.25) is 11.8 Å². The van der Waals surface area contributed by atoms with Crippen LogP contribution >= 0.6 is 0 Å². The molecular weight excluding hydrogens is 508 g/mol. The molecule has 10 heteroatoms. The Morgan fingerprint density at radius 1 is 0.550 bits per heavy atom. The zero-order valence-electron chi connectivity index (χ0n) is 23.8. The summed E-state index contributed by atoms with van der Waals surface area (Å²) < 4.78 is 0. The van der Waals surface area contributed by atoms with Gasteiger partial charge in [-0.05, 0) is 64.0 Å². The summed E-state index contributed by atoms with van der Waals surface area (Å²) in [4.78, 5) is 56.2. The minimum absolute atomic E-state index is 0.328. The lowest BCUT2D eigenvalue weighted by atomic mass is 10.1. The van der Waals surface area contributed by atoms with E-state index in [0.29, 0.717) is 11.1 Å². The molecule has 0 spiro atoms. The Morgan fingerprint density at radius 2 is 0.850 bits per heavy atom. The predicted molar refractivity (Wildman–Crippen MR) is 155 cm³/mol. The van der Waals surface area contributed by atoms with Crippen molar-refractivity contribution in [3.8, 4) is 0 Å². The number of unbranched alkanes of at least 4 members (excludes halogenated alkanes) is 9. The molecule has 0 radical (unpaired) electrons. The smallest absolute Gasteiger partial charge is 0.257 e. The normalized spacial score (nSPS) is 12.3. The molecular formula is C30H44N6O4. The lowest BCUT2D eigenvalue weighted by molar-refractivity contribution is -0.122. The van der Waals surface area contributed by atoms with Crippen molar-refractivity contribution in [3.05, 3.63) is 60.2 Å². The fourth-order valence-electron chi connectivity index (χ4n) is 4.08. The van der Waals surface area contributed by atoms with Crippen molar-refractivity contribution in [1.82, 2.24) is 31.2 Å². The summed E-state index contributed by atoms with van der Waals surface area (Å²) in [5.74, 6) is -1.48. The van der Waals surface area contributed by atoms with Crippen LogP contribution < -0.4 is 21.3 Å². The summed E-state index contributed by atoms with van der Waals surface area (Å²) in [6.07, 6.45) is 17.5. The quantitative estimate of drug-likeness (QED) is 0.194. The molecule has 0 aliphatic heterocycles. The van der Waals surface area contributed by atoms with Crippen LogP contribution in [0.4, 0.5) is 0 Å². The average molecular weight is 553 g/mol. The highest BCUT2D eigenvalue weighted by Crippen LogP contribution is 2.10. The van der Waals surface area contributed by atoms with Crippen LogP contribution in [0, 0.1) is 0 Å². The first-order chi connectivity index (χ1) is 19.4. The minimum Gasteiger partial charge on any atom is -0.306 e. The molecule has 2 aromatic rings. The molecule has 10 nitrogen and oxygen atoms in total. The molecule has 4 amide bonds. The van der Waals surface area contributed by atoms with Gasteiger partial charge >= 0.3 is 0 Å². The number of nitrogens with zero attached hydrogens (tertiary/aromatic N) is 2. The molecule has 0 saturated carbocycles. The van der Waals surface area contributed by atoms with Crippen LogP contribution in [0.5, 0.6) is 0 Å². The molecule has 0 aromatic carbocycles. The highest BCUT2D eigenvalue weighted by atomic mass is 16.2. The molecule has 0 bridgehead atoms. The van der Waals surface area contributed by atoms with E-state index in [1.54, 1.807) is 38.1 Å². The Morgan fingerprint density at radius 3 is 1.18 bits per heavy atom. The number of carbonyl (C=O) groups excluding carboxylic acids is 4. The number of hydrogen-bond acceptors (Lipinski definition) is 8. The van der Waals surface area contributed by atoms with Crippen molar-refractivity contribution in [2.75, 3.05) is 13.1 Å². The Labute approximate surface area is 237 Å². The van der Waals surface area contributed by atoms with Crippen molar-refractivity contribution in [3.63, 3.8) is 0 Å². The fraction of sp³-hybridized carbons (Fsp3) is 0.533. The average Bonchev–Trinajstić information content (AvgIpc) is 2.97. The van der Waals surface area contributed by atoms with Gasteiger partial charge in [-0.25, -0.2) is 0 Å². The molecule has 40 heavy (non-hydrogen) atoms. The molecule has 0 aliphatic rings. The lowest BCUT2D eigenvalue weighted by Crippen LogP contribution is -2.44. The maximum Gasteiger partial charge on any atom is 0.257 e. The van der Waals surface area contributed by atoms with E-state index in [1.165, 1.54) is 63.3 Å². The first-order valence-electron chi connectivity index (χ1n) is 14.4. The number of amides is 4. The van der Waals surface area contributed by atoms with Crippen molar-refractivity contribution in [2.45, 2.75) is 90.1 Å². The van der Waals surface area contributed by atoms with Crippen molar-refractivity contribution in [1.29, 1.82) is 0 Å². The van der Waals surface area contributed by atoms with Crippen LogP contribution in [0.3, 0.4) is 0 Å². The third-order valence-corrected chi connectivity index (χ3v) is 6.65. The molecule has 0 aliphatic carbocycles.